The number of hydrogen-bond donors (Lipinski definition) is 2. The molecule has 34 heavy (non-hydrogen) atoms. The van der Waals surface area contributed by atoms with Crippen LogP contribution in [0.25, 0.3) is 16.5 Å². The number of fused-ring (bicyclic) bond motifs is 2. The van der Waals surface area contributed by atoms with Gasteiger partial charge in [0, 0.05) is 36.5 Å². The molecule has 8 heteroatoms. The fraction of sp³-hybridized carbons (Fsp3) is 0.423. The first kappa shape index (κ1) is 22.6. The van der Waals surface area contributed by atoms with E-state index in [1.54, 1.807) is 19.5 Å². The second-order valence-corrected chi connectivity index (χ2v) is 9.55. The van der Waals surface area contributed by atoms with E-state index in [1.807, 2.05) is 32.0 Å². The normalized spacial score (nSPS) is 21.5. The van der Waals surface area contributed by atoms with Crippen molar-refractivity contribution >= 4 is 28.2 Å². The topological polar surface area (TPSA) is 104 Å². The van der Waals surface area contributed by atoms with E-state index < -0.39 is 5.54 Å². The lowest BCUT2D eigenvalue weighted by atomic mass is 9.91. The minimum Gasteiger partial charge on any atom is -0.490 e. The van der Waals surface area contributed by atoms with Gasteiger partial charge < -0.3 is 25.3 Å². The number of aromatic nitrogens is 3. The Kier molecular flexibility index (Phi) is 5.65. The van der Waals surface area contributed by atoms with E-state index in [2.05, 4.69) is 28.8 Å². The van der Waals surface area contributed by atoms with Crippen molar-refractivity contribution in [1.82, 2.24) is 15.0 Å². The van der Waals surface area contributed by atoms with Crippen LogP contribution in [0.15, 0.2) is 37.2 Å². The summed E-state index contributed by atoms with van der Waals surface area (Å²) in [5, 5.41) is 5.11. The number of pyridine rings is 3. The summed E-state index contributed by atoms with van der Waals surface area (Å²) < 4.78 is 17.3. The number of hydrogen-bond acceptors (Lipinski definition) is 8. The zero-order chi connectivity index (χ0) is 24.0. The molecule has 5 rings (SSSR count). The fourth-order valence-corrected chi connectivity index (χ4v) is 4.32. The molecule has 1 aliphatic heterocycles. The van der Waals surface area contributed by atoms with Gasteiger partial charge in [-0.1, -0.05) is 13.5 Å². The van der Waals surface area contributed by atoms with Gasteiger partial charge >= 0.3 is 0 Å². The lowest BCUT2D eigenvalue weighted by molar-refractivity contribution is 0.141. The molecule has 3 atom stereocenters. The highest BCUT2D eigenvalue weighted by Gasteiger charge is 2.30. The van der Waals surface area contributed by atoms with Gasteiger partial charge in [-0.25, -0.2) is 15.0 Å². The zero-order valence-corrected chi connectivity index (χ0v) is 20.1. The first-order valence-corrected chi connectivity index (χ1v) is 11.6. The summed E-state index contributed by atoms with van der Waals surface area (Å²) in [6, 6.07) is 5.88. The van der Waals surface area contributed by atoms with E-state index in [4.69, 9.17) is 24.9 Å². The summed E-state index contributed by atoms with van der Waals surface area (Å²) in [6.45, 7) is 10.5. The first-order chi connectivity index (χ1) is 16.3. The molecule has 1 saturated carbocycles. The summed E-state index contributed by atoms with van der Waals surface area (Å²) in [6.07, 6.45) is 5.92. The number of nitrogens with one attached hydrogen (secondary N) is 1. The van der Waals surface area contributed by atoms with Crippen LogP contribution in [0.3, 0.4) is 0 Å². The highest BCUT2D eigenvalue weighted by atomic mass is 16.5. The molecule has 178 valence electrons. The quantitative estimate of drug-likeness (QED) is 0.525. The van der Waals surface area contributed by atoms with Crippen LogP contribution in [-0.4, -0.2) is 40.9 Å². The van der Waals surface area contributed by atoms with E-state index in [9.17, 15) is 0 Å². The number of anilines is 2. The van der Waals surface area contributed by atoms with Crippen molar-refractivity contribution in [2.75, 3.05) is 19.0 Å². The van der Waals surface area contributed by atoms with Gasteiger partial charge in [-0.05, 0) is 50.3 Å². The lowest BCUT2D eigenvalue weighted by Crippen LogP contribution is -2.38. The molecule has 0 unspecified atom stereocenters. The van der Waals surface area contributed by atoms with E-state index in [0.717, 1.165) is 40.4 Å². The Morgan fingerprint density at radius 1 is 1.18 bits per heavy atom. The van der Waals surface area contributed by atoms with Gasteiger partial charge in [-0.3, -0.25) is 0 Å². The average molecular weight is 462 g/mol. The second kappa shape index (κ2) is 8.52. The molecule has 0 saturated heterocycles. The largest absolute Gasteiger partial charge is 0.490 e. The third-order valence-corrected chi connectivity index (χ3v) is 6.54. The van der Waals surface area contributed by atoms with Crippen LogP contribution >= 0.6 is 0 Å². The lowest BCUT2D eigenvalue weighted by Gasteiger charge is -2.30. The van der Waals surface area contributed by atoms with Gasteiger partial charge in [0.05, 0.1) is 23.2 Å². The molecule has 4 heterocycles. The number of nitrogens with zero attached hydrogens (tertiary/aromatic N) is 3. The molecule has 0 spiro atoms. The van der Waals surface area contributed by atoms with Crippen LogP contribution < -0.4 is 15.8 Å². The fourth-order valence-electron chi connectivity index (χ4n) is 4.32. The predicted molar refractivity (Wildman–Crippen MR) is 132 cm³/mol. The van der Waals surface area contributed by atoms with Gasteiger partial charge in [0.2, 0.25) is 5.88 Å². The Hall–Kier alpha value is -3.23. The molecule has 8 nitrogen and oxygen atoms in total. The minimum atomic E-state index is -0.729. The molecular formula is C26H31N5O3. The molecule has 1 fully saturated rings. The second-order valence-electron chi connectivity index (χ2n) is 9.55. The smallest absolute Gasteiger partial charge is 0.223 e. The van der Waals surface area contributed by atoms with E-state index in [1.165, 1.54) is 0 Å². The molecule has 2 aliphatic rings. The highest BCUT2D eigenvalue weighted by molar-refractivity contribution is 5.91. The van der Waals surface area contributed by atoms with Gasteiger partial charge in [-0.2, -0.15) is 0 Å². The summed E-state index contributed by atoms with van der Waals surface area (Å²) in [4.78, 5) is 14.1. The summed E-state index contributed by atoms with van der Waals surface area (Å²) in [5.74, 6) is 2.76. The summed E-state index contributed by atoms with van der Waals surface area (Å²) in [7, 11) is 1.64. The number of rotatable bonds is 7. The standard InChI is InChI=1S/C26H31N5O3/c1-14-15(2)33-16(3)18-8-9-22(31-24(14)18)30-23-10-19-20(11-28-23)25(34-17-6-7-17)29-12-21(19)26(4,27)13-32-5/h8-12,14-15,17H,3,6-7,13,27H2,1-2,4-5H3,(H,28,30,31)/t14-,15-,26-/m0/s1. The van der Waals surface area contributed by atoms with Crippen molar-refractivity contribution in [3.63, 3.8) is 0 Å². The molecule has 0 amide bonds. The summed E-state index contributed by atoms with van der Waals surface area (Å²) >= 11 is 0. The molecule has 0 radical (unpaired) electrons. The zero-order valence-electron chi connectivity index (χ0n) is 20.1. The molecule has 3 N–H and O–H groups in total. The molecule has 0 bridgehead atoms. The molecule has 1 aliphatic carbocycles. The predicted octanol–water partition coefficient (Wildman–Crippen LogP) is 4.62. The van der Waals surface area contributed by atoms with Gasteiger partial charge in [0.25, 0.3) is 0 Å². The maximum Gasteiger partial charge on any atom is 0.223 e. The monoisotopic (exact) mass is 461 g/mol. The number of nitrogens with two attached hydrogens (primary N) is 1. The van der Waals surface area contributed by atoms with Crippen molar-refractivity contribution in [2.45, 2.75) is 57.3 Å². The van der Waals surface area contributed by atoms with Gasteiger partial charge in [-0.15, -0.1) is 0 Å². The van der Waals surface area contributed by atoms with E-state index in [-0.39, 0.29) is 18.1 Å². The highest BCUT2D eigenvalue weighted by Crippen LogP contribution is 2.38. The summed E-state index contributed by atoms with van der Waals surface area (Å²) in [5.41, 5.74) is 8.67. The van der Waals surface area contributed by atoms with Gasteiger partial charge in [0.1, 0.15) is 29.6 Å². The first-order valence-electron chi connectivity index (χ1n) is 11.6. The third-order valence-electron chi connectivity index (χ3n) is 6.54. The average Bonchev–Trinajstić information content (AvgIpc) is 3.61. The molecule has 3 aromatic heterocycles. The molecule has 0 aromatic carbocycles. The number of ether oxygens (including phenoxy) is 3. The Labute approximate surface area is 199 Å². The van der Waals surface area contributed by atoms with Crippen LogP contribution in [0, 0.1) is 0 Å². The van der Waals surface area contributed by atoms with Crippen LogP contribution in [-0.2, 0) is 15.0 Å². The van der Waals surface area contributed by atoms with E-state index in [0.29, 0.717) is 29.9 Å². The van der Waals surface area contributed by atoms with E-state index >= 15 is 0 Å². The maximum atomic E-state index is 6.62. The minimum absolute atomic E-state index is 0.0181. The SMILES string of the molecule is C=C1O[C@@H](C)[C@H](C)c2nc(Nc3cc4c([C@@](C)(N)COC)cnc(OC5CC5)c4cn3)ccc21. The van der Waals surface area contributed by atoms with Crippen LogP contribution in [0.2, 0.25) is 0 Å². The van der Waals surface area contributed by atoms with Crippen molar-refractivity contribution in [3.8, 4) is 5.88 Å². The Morgan fingerprint density at radius 3 is 2.71 bits per heavy atom. The van der Waals surface area contributed by atoms with Crippen LogP contribution in [0.4, 0.5) is 11.6 Å². The Balaban J connectivity index is 1.54. The van der Waals surface area contributed by atoms with Crippen molar-refractivity contribution in [1.29, 1.82) is 0 Å². The van der Waals surface area contributed by atoms with Crippen molar-refractivity contribution < 1.29 is 14.2 Å². The maximum absolute atomic E-state index is 6.62. The van der Waals surface area contributed by atoms with Crippen LogP contribution in [0.1, 0.15) is 56.4 Å². The van der Waals surface area contributed by atoms with Crippen molar-refractivity contribution in [2.24, 2.45) is 5.73 Å². The third kappa shape index (κ3) is 4.19. The van der Waals surface area contributed by atoms with Crippen LogP contribution in [0.5, 0.6) is 5.88 Å². The van der Waals surface area contributed by atoms with Crippen molar-refractivity contribution in [3.05, 3.63) is 54.0 Å². The molecular weight excluding hydrogens is 430 g/mol. The molecule has 3 aromatic rings. The Bertz CT molecular complexity index is 1250. The van der Waals surface area contributed by atoms with Gasteiger partial charge in [0.15, 0.2) is 0 Å². The Morgan fingerprint density at radius 2 is 1.97 bits per heavy atom. The number of methoxy groups -OCH3 is 1.